The van der Waals surface area contributed by atoms with Crippen molar-refractivity contribution in [3.05, 3.63) is 64.4 Å². The first kappa shape index (κ1) is 14.8. The lowest BCUT2D eigenvalue weighted by atomic mass is 9.98. The van der Waals surface area contributed by atoms with Gasteiger partial charge < -0.3 is 10.1 Å². The summed E-state index contributed by atoms with van der Waals surface area (Å²) in [6.45, 7) is 2.56. The molecule has 0 saturated heterocycles. The van der Waals surface area contributed by atoms with Crippen molar-refractivity contribution in [3.8, 4) is 5.75 Å². The largest absolute Gasteiger partial charge is 0.494 e. The Bertz CT molecular complexity index is 588. The van der Waals surface area contributed by atoms with Crippen molar-refractivity contribution in [2.75, 3.05) is 13.7 Å². The van der Waals surface area contributed by atoms with Crippen molar-refractivity contribution in [3.63, 3.8) is 0 Å². The van der Waals surface area contributed by atoms with E-state index in [1.807, 2.05) is 38.2 Å². The van der Waals surface area contributed by atoms with Gasteiger partial charge in [-0.1, -0.05) is 29.8 Å². The molecule has 0 spiro atoms. The van der Waals surface area contributed by atoms with E-state index in [0.29, 0.717) is 11.6 Å². The van der Waals surface area contributed by atoms with Gasteiger partial charge in [0.05, 0.1) is 12.6 Å². The van der Waals surface area contributed by atoms with E-state index < -0.39 is 0 Å². The van der Waals surface area contributed by atoms with Crippen molar-refractivity contribution in [2.24, 2.45) is 0 Å². The standard InChI is InChI=1S/C16H17ClFNO/c1-3-20-13-6-4-5-11(9-13)16(19-2)14-8-7-12(18)10-15(14)17/h4-10,16,19H,3H2,1-2H3. The quantitative estimate of drug-likeness (QED) is 0.892. The number of nitrogens with one attached hydrogen (secondary N) is 1. The van der Waals surface area contributed by atoms with E-state index in [1.165, 1.54) is 12.1 Å². The summed E-state index contributed by atoms with van der Waals surface area (Å²) in [4.78, 5) is 0. The molecule has 106 valence electrons. The molecule has 2 nitrogen and oxygen atoms in total. The van der Waals surface area contributed by atoms with Crippen LogP contribution in [0.1, 0.15) is 24.1 Å². The molecule has 0 aliphatic carbocycles. The van der Waals surface area contributed by atoms with Crippen molar-refractivity contribution >= 4 is 11.6 Å². The molecule has 0 aliphatic heterocycles. The zero-order valence-corrected chi connectivity index (χ0v) is 12.2. The normalized spacial score (nSPS) is 12.2. The molecule has 2 rings (SSSR count). The number of halogens is 2. The summed E-state index contributed by atoms with van der Waals surface area (Å²) in [5.41, 5.74) is 1.86. The fourth-order valence-corrected chi connectivity index (χ4v) is 2.46. The van der Waals surface area contributed by atoms with Gasteiger partial charge >= 0.3 is 0 Å². The van der Waals surface area contributed by atoms with Crippen LogP contribution in [0.15, 0.2) is 42.5 Å². The third kappa shape index (κ3) is 3.30. The van der Waals surface area contributed by atoms with Gasteiger partial charge in [-0.05, 0) is 49.4 Å². The highest BCUT2D eigenvalue weighted by Gasteiger charge is 2.16. The van der Waals surface area contributed by atoms with E-state index in [1.54, 1.807) is 6.07 Å². The zero-order valence-electron chi connectivity index (χ0n) is 11.5. The number of hydrogen-bond acceptors (Lipinski definition) is 2. The van der Waals surface area contributed by atoms with E-state index in [-0.39, 0.29) is 11.9 Å². The SMILES string of the molecule is CCOc1cccc(C(NC)c2ccc(F)cc2Cl)c1. The molecule has 0 bridgehead atoms. The van der Waals surface area contributed by atoms with Crippen LogP contribution in [0.25, 0.3) is 0 Å². The van der Waals surface area contributed by atoms with Gasteiger partial charge in [0, 0.05) is 5.02 Å². The summed E-state index contributed by atoms with van der Waals surface area (Å²) in [5.74, 6) is 0.472. The second-order valence-electron chi connectivity index (χ2n) is 4.39. The van der Waals surface area contributed by atoms with Gasteiger partial charge in [-0.25, -0.2) is 4.39 Å². The van der Waals surface area contributed by atoms with Crippen molar-refractivity contribution in [2.45, 2.75) is 13.0 Å². The van der Waals surface area contributed by atoms with Crippen LogP contribution in [0.4, 0.5) is 4.39 Å². The summed E-state index contributed by atoms with van der Waals surface area (Å²) in [6, 6.07) is 12.1. The van der Waals surface area contributed by atoms with Crippen LogP contribution in [0.3, 0.4) is 0 Å². The second-order valence-corrected chi connectivity index (χ2v) is 4.80. The molecule has 2 aromatic carbocycles. The first-order chi connectivity index (χ1) is 9.65. The van der Waals surface area contributed by atoms with Crippen LogP contribution in [0.5, 0.6) is 5.75 Å². The Morgan fingerprint density at radius 2 is 2.05 bits per heavy atom. The van der Waals surface area contributed by atoms with Crippen LogP contribution in [-0.2, 0) is 0 Å². The number of ether oxygens (including phenoxy) is 1. The molecular formula is C16H17ClFNO. The van der Waals surface area contributed by atoms with Gasteiger partial charge in [0.1, 0.15) is 11.6 Å². The highest BCUT2D eigenvalue weighted by Crippen LogP contribution is 2.30. The number of benzene rings is 2. The van der Waals surface area contributed by atoms with Gasteiger partial charge in [0.15, 0.2) is 0 Å². The minimum atomic E-state index is -0.336. The monoisotopic (exact) mass is 293 g/mol. The molecule has 1 atom stereocenters. The van der Waals surface area contributed by atoms with Crippen LogP contribution in [0.2, 0.25) is 5.02 Å². The van der Waals surface area contributed by atoms with Crippen molar-refractivity contribution < 1.29 is 9.13 Å². The molecule has 0 aromatic heterocycles. The topological polar surface area (TPSA) is 21.3 Å². The summed E-state index contributed by atoms with van der Waals surface area (Å²) in [7, 11) is 1.84. The molecule has 2 aromatic rings. The Labute approximate surface area is 123 Å². The molecule has 20 heavy (non-hydrogen) atoms. The highest BCUT2D eigenvalue weighted by molar-refractivity contribution is 6.31. The predicted octanol–water partition coefficient (Wildman–Crippen LogP) is 4.19. The Balaban J connectivity index is 2.38. The maximum atomic E-state index is 13.2. The van der Waals surface area contributed by atoms with Gasteiger partial charge in [0.2, 0.25) is 0 Å². The second kappa shape index (κ2) is 6.73. The van der Waals surface area contributed by atoms with Crippen LogP contribution >= 0.6 is 11.6 Å². The third-order valence-corrected chi connectivity index (χ3v) is 3.39. The van der Waals surface area contributed by atoms with E-state index in [2.05, 4.69) is 5.32 Å². The van der Waals surface area contributed by atoms with Gasteiger partial charge in [-0.2, -0.15) is 0 Å². The lowest BCUT2D eigenvalue weighted by Gasteiger charge is -2.19. The first-order valence-electron chi connectivity index (χ1n) is 6.50. The fourth-order valence-electron chi connectivity index (χ4n) is 2.19. The van der Waals surface area contributed by atoms with E-state index in [4.69, 9.17) is 16.3 Å². The molecule has 1 N–H and O–H groups in total. The molecule has 0 saturated carbocycles. The average Bonchev–Trinajstić information content (AvgIpc) is 2.43. The van der Waals surface area contributed by atoms with Gasteiger partial charge in [-0.3, -0.25) is 0 Å². The summed E-state index contributed by atoms with van der Waals surface area (Å²) in [6.07, 6.45) is 0. The van der Waals surface area contributed by atoms with E-state index in [0.717, 1.165) is 16.9 Å². The van der Waals surface area contributed by atoms with E-state index in [9.17, 15) is 4.39 Å². The Morgan fingerprint density at radius 3 is 2.70 bits per heavy atom. The minimum Gasteiger partial charge on any atom is -0.494 e. The fraction of sp³-hybridized carbons (Fsp3) is 0.250. The molecule has 0 fully saturated rings. The molecule has 0 aliphatic rings. The molecular weight excluding hydrogens is 277 g/mol. The maximum absolute atomic E-state index is 13.2. The molecule has 4 heteroatoms. The summed E-state index contributed by atoms with van der Waals surface area (Å²) < 4.78 is 18.7. The predicted molar refractivity (Wildman–Crippen MR) is 79.9 cm³/mol. The third-order valence-electron chi connectivity index (χ3n) is 3.06. The molecule has 1 unspecified atom stereocenters. The number of rotatable bonds is 5. The summed E-state index contributed by atoms with van der Waals surface area (Å²) in [5, 5.41) is 3.61. The minimum absolute atomic E-state index is 0.108. The Hall–Kier alpha value is -1.58. The lowest BCUT2D eigenvalue weighted by Crippen LogP contribution is -2.18. The van der Waals surface area contributed by atoms with Crippen LogP contribution in [-0.4, -0.2) is 13.7 Å². The van der Waals surface area contributed by atoms with Crippen molar-refractivity contribution in [1.82, 2.24) is 5.32 Å². The number of hydrogen-bond donors (Lipinski definition) is 1. The average molecular weight is 294 g/mol. The maximum Gasteiger partial charge on any atom is 0.124 e. The Kier molecular flexibility index (Phi) is 4.99. The zero-order chi connectivity index (χ0) is 14.5. The van der Waals surface area contributed by atoms with Gasteiger partial charge in [-0.15, -0.1) is 0 Å². The lowest BCUT2D eigenvalue weighted by molar-refractivity contribution is 0.339. The molecule has 0 amide bonds. The van der Waals surface area contributed by atoms with Crippen molar-refractivity contribution in [1.29, 1.82) is 0 Å². The van der Waals surface area contributed by atoms with Crippen LogP contribution < -0.4 is 10.1 Å². The van der Waals surface area contributed by atoms with Crippen LogP contribution in [0, 0.1) is 5.82 Å². The molecule has 0 radical (unpaired) electrons. The first-order valence-corrected chi connectivity index (χ1v) is 6.88. The molecule has 0 heterocycles. The summed E-state index contributed by atoms with van der Waals surface area (Å²) >= 11 is 6.14. The van der Waals surface area contributed by atoms with Gasteiger partial charge in [0.25, 0.3) is 0 Å². The van der Waals surface area contributed by atoms with E-state index >= 15 is 0 Å². The highest BCUT2D eigenvalue weighted by atomic mass is 35.5. The smallest absolute Gasteiger partial charge is 0.124 e. The Morgan fingerprint density at radius 1 is 1.25 bits per heavy atom.